The van der Waals surface area contributed by atoms with E-state index < -0.39 is 10.1 Å². The molecule has 0 aromatic heterocycles. The Kier molecular flexibility index (Phi) is 32.6. The highest BCUT2D eigenvalue weighted by Gasteiger charge is 2.20. The van der Waals surface area contributed by atoms with E-state index in [2.05, 4.69) is 34.7 Å². The average Bonchev–Trinajstić information content (AvgIpc) is 3.07. The summed E-state index contributed by atoms with van der Waals surface area (Å²) in [5.74, 6) is 0. The summed E-state index contributed by atoms with van der Waals surface area (Å²) in [5.41, 5.74) is 1.10. The first-order valence-corrected chi connectivity index (χ1v) is 22.5. The van der Waals surface area contributed by atoms with E-state index in [1.807, 2.05) is 0 Å². The molecular formula is C43H83NO3S. The second-order valence-corrected chi connectivity index (χ2v) is 16.5. The first-order chi connectivity index (χ1) is 23.2. The summed E-state index contributed by atoms with van der Waals surface area (Å²) in [5, 5.41) is 0. The maximum Gasteiger partial charge on any atom is 0.124 e. The van der Waals surface area contributed by atoms with Gasteiger partial charge >= 0.3 is 0 Å². The van der Waals surface area contributed by atoms with Crippen molar-refractivity contribution in [1.82, 2.24) is 0 Å². The molecule has 0 aliphatic heterocycles. The molecule has 0 amide bonds. The van der Waals surface area contributed by atoms with Crippen LogP contribution in [0, 0.1) is 0 Å². The third-order valence-corrected chi connectivity index (χ3v) is 11.0. The minimum atomic E-state index is -4.31. The van der Waals surface area contributed by atoms with Gasteiger partial charge < -0.3 is 9.04 Å². The normalized spacial score (nSPS) is 11.9. The average molecular weight is 694 g/mol. The molecule has 0 atom stereocenters. The first kappa shape index (κ1) is 47.1. The monoisotopic (exact) mass is 694 g/mol. The highest BCUT2D eigenvalue weighted by molar-refractivity contribution is 7.85. The zero-order chi connectivity index (χ0) is 35.6. The van der Waals surface area contributed by atoms with Crippen LogP contribution in [0.1, 0.15) is 213 Å². The fraction of sp³-hybridized carbons (Fsp3) is 0.860. The maximum absolute atomic E-state index is 10.8. The van der Waals surface area contributed by atoms with Gasteiger partial charge in [0.25, 0.3) is 0 Å². The van der Waals surface area contributed by atoms with Gasteiger partial charge in [-0.2, -0.15) is 0 Å². The number of aryl methyl sites for hydroxylation is 1. The Morgan fingerprint density at radius 1 is 0.438 bits per heavy atom. The van der Waals surface area contributed by atoms with Crippen molar-refractivity contribution in [2.24, 2.45) is 0 Å². The third-order valence-electron chi connectivity index (χ3n) is 10.2. The van der Waals surface area contributed by atoms with E-state index in [1.165, 1.54) is 210 Å². The molecule has 0 N–H and O–H groups in total. The summed E-state index contributed by atoms with van der Waals surface area (Å²) in [6.45, 7) is 13.5. The zero-order valence-corrected chi connectivity index (χ0v) is 33.8. The Bertz CT molecular complexity index is 858. The summed E-state index contributed by atoms with van der Waals surface area (Å²) in [6.07, 6.45) is 39.9. The third kappa shape index (κ3) is 30.0. The van der Waals surface area contributed by atoms with E-state index in [-0.39, 0.29) is 4.90 Å². The van der Waals surface area contributed by atoms with Crippen LogP contribution in [-0.2, 0) is 16.5 Å². The molecule has 4 nitrogen and oxygen atoms in total. The van der Waals surface area contributed by atoms with Crippen molar-refractivity contribution < 1.29 is 17.5 Å². The molecule has 0 saturated carbocycles. The second kappa shape index (κ2) is 33.2. The van der Waals surface area contributed by atoms with Gasteiger partial charge in [0.05, 0.1) is 31.6 Å². The molecule has 284 valence electrons. The van der Waals surface area contributed by atoms with E-state index >= 15 is 0 Å². The van der Waals surface area contributed by atoms with Crippen molar-refractivity contribution >= 4 is 10.1 Å². The van der Waals surface area contributed by atoms with Crippen LogP contribution in [0.5, 0.6) is 0 Å². The molecule has 48 heavy (non-hydrogen) atoms. The standard InChI is InChI=1S/C25H54N.C18H30O3S/c1-5-8-11-14-17-20-23-26(4,24-21-18-15-12-9-6-2)25-22-19-16-13-10-7-3;1-2-3-4-5-6-7-8-9-10-11-12-17-13-15-18(16-14-17)22(19,20)21/h5-25H2,1-4H3;13-16H,2-12H2,1H3,(H,19,20,21)/q+1;/p-1. The highest BCUT2D eigenvalue weighted by atomic mass is 32.2. The van der Waals surface area contributed by atoms with Crippen molar-refractivity contribution in [3.05, 3.63) is 29.8 Å². The van der Waals surface area contributed by atoms with Gasteiger partial charge in [-0.3, -0.25) is 0 Å². The van der Waals surface area contributed by atoms with Gasteiger partial charge in [-0.25, -0.2) is 8.42 Å². The van der Waals surface area contributed by atoms with Crippen molar-refractivity contribution in [3.8, 4) is 0 Å². The molecule has 1 aromatic carbocycles. The van der Waals surface area contributed by atoms with Gasteiger partial charge in [0.2, 0.25) is 0 Å². The Morgan fingerprint density at radius 2 is 0.708 bits per heavy atom. The molecule has 1 aromatic rings. The molecule has 0 fully saturated rings. The fourth-order valence-corrected chi connectivity index (χ4v) is 7.27. The molecule has 0 spiro atoms. The van der Waals surface area contributed by atoms with Crippen LogP contribution in [0.2, 0.25) is 0 Å². The maximum atomic E-state index is 10.8. The van der Waals surface area contributed by atoms with Crippen LogP contribution < -0.4 is 0 Å². The van der Waals surface area contributed by atoms with Gasteiger partial charge in [-0.15, -0.1) is 0 Å². The number of unbranched alkanes of at least 4 members (excludes halogenated alkanes) is 24. The second-order valence-electron chi connectivity index (χ2n) is 15.1. The van der Waals surface area contributed by atoms with Crippen LogP contribution in [0.3, 0.4) is 0 Å². The minimum Gasteiger partial charge on any atom is -0.744 e. The Balaban J connectivity index is 0.000000932. The predicted octanol–water partition coefficient (Wildman–Crippen LogP) is 13.6. The summed E-state index contributed by atoms with van der Waals surface area (Å²) in [7, 11) is -1.75. The van der Waals surface area contributed by atoms with Crippen molar-refractivity contribution in [2.75, 3.05) is 26.7 Å². The lowest BCUT2D eigenvalue weighted by Crippen LogP contribution is -2.46. The van der Waals surface area contributed by atoms with Gasteiger partial charge in [-0.1, -0.05) is 175 Å². The predicted molar refractivity (Wildman–Crippen MR) is 211 cm³/mol. The molecule has 0 radical (unpaired) electrons. The number of hydrogen-bond acceptors (Lipinski definition) is 3. The van der Waals surface area contributed by atoms with Gasteiger partial charge in [0.15, 0.2) is 0 Å². The zero-order valence-electron chi connectivity index (χ0n) is 33.0. The van der Waals surface area contributed by atoms with Gasteiger partial charge in [-0.05, 0) is 69.1 Å². The number of nitrogens with zero attached hydrogens (tertiary/aromatic N) is 1. The number of rotatable bonds is 33. The molecule has 0 unspecified atom stereocenters. The summed E-state index contributed by atoms with van der Waals surface area (Å²) < 4.78 is 33.9. The Hall–Kier alpha value is -0.910. The number of benzene rings is 1. The van der Waals surface area contributed by atoms with E-state index in [9.17, 15) is 13.0 Å². The fourth-order valence-electron chi connectivity index (χ4n) is 6.80. The molecule has 1 rings (SSSR count). The lowest BCUT2D eigenvalue weighted by Gasteiger charge is -2.35. The molecule has 0 bridgehead atoms. The Labute approximate surface area is 302 Å². The lowest BCUT2D eigenvalue weighted by atomic mass is 10.0. The minimum absolute atomic E-state index is 0.140. The molecular weight excluding hydrogens is 611 g/mol. The number of hydrogen-bond donors (Lipinski definition) is 0. The largest absolute Gasteiger partial charge is 0.744 e. The molecule has 0 aliphatic rings. The summed E-state index contributed by atoms with van der Waals surface area (Å²) in [6, 6.07) is 6.32. The smallest absolute Gasteiger partial charge is 0.124 e. The van der Waals surface area contributed by atoms with Gasteiger partial charge in [0, 0.05) is 0 Å². The topological polar surface area (TPSA) is 57.2 Å². The molecule has 0 saturated heterocycles. The van der Waals surface area contributed by atoms with Crippen molar-refractivity contribution in [1.29, 1.82) is 0 Å². The van der Waals surface area contributed by atoms with E-state index in [0.29, 0.717) is 0 Å². The van der Waals surface area contributed by atoms with E-state index in [1.54, 1.807) is 12.1 Å². The lowest BCUT2D eigenvalue weighted by molar-refractivity contribution is -0.910. The highest BCUT2D eigenvalue weighted by Crippen LogP contribution is 2.17. The summed E-state index contributed by atoms with van der Waals surface area (Å²) >= 11 is 0. The molecule has 0 heterocycles. The Morgan fingerprint density at radius 3 is 1.00 bits per heavy atom. The van der Waals surface area contributed by atoms with E-state index in [0.717, 1.165) is 18.4 Å². The number of quaternary nitrogens is 1. The van der Waals surface area contributed by atoms with Crippen molar-refractivity contribution in [2.45, 2.75) is 219 Å². The van der Waals surface area contributed by atoms with Crippen LogP contribution in [0.25, 0.3) is 0 Å². The molecule has 5 heteroatoms. The van der Waals surface area contributed by atoms with Gasteiger partial charge in [0.1, 0.15) is 10.1 Å². The van der Waals surface area contributed by atoms with Crippen LogP contribution in [-0.4, -0.2) is 44.1 Å². The summed E-state index contributed by atoms with van der Waals surface area (Å²) in [4.78, 5) is -0.140. The van der Waals surface area contributed by atoms with E-state index in [4.69, 9.17) is 0 Å². The first-order valence-electron chi connectivity index (χ1n) is 21.1. The quantitative estimate of drug-likeness (QED) is 0.0418. The van der Waals surface area contributed by atoms with Crippen LogP contribution in [0.15, 0.2) is 29.2 Å². The molecule has 0 aliphatic carbocycles. The SMILES string of the molecule is CCCCCCCCCCCCc1ccc(S(=O)(=O)[O-])cc1.CCCCCCCC[N+](C)(CCCCCCCC)CCCCCCCC. The van der Waals surface area contributed by atoms with Crippen LogP contribution in [0.4, 0.5) is 0 Å². The van der Waals surface area contributed by atoms with Crippen LogP contribution >= 0.6 is 0 Å². The van der Waals surface area contributed by atoms with Crippen molar-refractivity contribution in [3.63, 3.8) is 0 Å².